The lowest BCUT2D eigenvalue weighted by Gasteiger charge is -2.34. The molecule has 1 amide bonds. The lowest BCUT2D eigenvalue weighted by atomic mass is 9.79. The molecule has 1 atom stereocenters. The molecule has 1 fully saturated rings. The first-order valence-corrected chi connectivity index (χ1v) is 8.33. The number of ether oxygens (including phenoxy) is 1. The number of carbonyl (C=O) groups excluding carboxylic acids is 1. The van der Waals surface area contributed by atoms with E-state index in [0.717, 1.165) is 50.1 Å². The van der Waals surface area contributed by atoms with E-state index in [4.69, 9.17) is 4.74 Å². The van der Waals surface area contributed by atoms with Gasteiger partial charge in [-0.05, 0) is 62.3 Å². The molecule has 1 aromatic carbocycles. The molecule has 0 saturated carbocycles. The Hall–Kier alpha value is -1.77. The number of carbonyl (C=O) groups is 1. The molecule has 2 aliphatic rings. The van der Waals surface area contributed by atoms with E-state index in [1.54, 1.807) is 7.11 Å². The number of rotatable bonds is 4. The number of nitrogens with zero attached hydrogens (tertiary/aromatic N) is 1. The highest BCUT2D eigenvalue weighted by molar-refractivity contribution is 5.88. The zero-order valence-corrected chi connectivity index (χ0v) is 13.6. The van der Waals surface area contributed by atoms with Gasteiger partial charge in [0.05, 0.1) is 13.0 Å². The Bertz CT molecular complexity index is 585. The molecule has 0 radical (unpaired) electrons. The van der Waals surface area contributed by atoms with E-state index in [1.165, 1.54) is 17.6 Å². The topological polar surface area (TPSA) is 29.5 Å². The molecule has 0 aromatic heterocycles. The molecule has 3 heteroatoms. The Morgan fingerprint density at radius 1 is 1.23 bits per heavy atom. The van der Waals surface area contributed by atoms with E-state index in [-0.39, 0.29) is 11.8 Å². The van der Waals surface area contributed by atoms with Gasteiger partial charge in [-0.2, -0.15) is 0 Å². The van der Waals surface area contributed by atoms with Crippen molar-refractivity contribution in [3.63, 3.8) is 0 Å². The van der Waals surface area contributed by atoms with Gasteiger partial charge in [0, 0.05) is 13.1 Å². The van der Waals surface area contributed by atoms with E-state index >= 15 is 0 Å². The monoisotopic (exact) mass is 299 g/mol. The normalized spacial score (nSPS) is 19.2. The van der Waals surface area contributed by atoms with Crippen molar-refractivity contribution in [2.24, 2.45) is 0 Å². The van der Waals surface area contributed by atoms with E-state index in [0.29, 0.717) is 0 Å². The molecule has 22 heavy (non-hydrogen) atoms. The molecular weight excluding hydrogens is 274 g/mol. The number of amides is 1. The van der Waals surface area contributed by atoms with Gasteiger partial charge in [-0.15, -0.1) is 0 Å². The summed E-state index contributed by atoms with van der Waals surface area (Å²) in [6.45, 7) is 3.90. The van der Waals surface area contributed by atoms with Crippen molar-refractivity contribution in [2.45, 2.75) is 44.9 Å². The molecule has 1 aromatic rings. The first-order valence-electron chi connectivity index (χ1n) is 8.33. The molecule has 1 aliphatic heterocycles. The van der Waals surface area contributed by atoms with Crippen LogP contribution in [-0.2, 0) is 4.79 Å². The van der Waals surface area contributed by atoms with E-state index in [2.05, 4.69) is 24.0 Å². The smallest absolute Gasteiger partial charge is 0.234 e. The molecule has 0 bridgehead atoms. The standard InChI is InChI=1S/C19H25NO2/c1-14-9-10-16(22-2)13-17(14)18(15-7-6-8-15)19(21)20-11-4-3-5-12-20/h7,9-10,13,18H,3-6,8,11-12H2,1-2H3. The summed E-state index contributed by atoms with van der Waals surface area (Å²) in [7, 11) is 1.68. The fourth-order valence-corrected chi connectivity index (χ4v) is 3.42. The second kappa shape index (κ2) is 6.55. The van der Waals surface area contributed by atoms with Crippen LogP contribution < -0.4 is 4.74 Å². The van der Waals surface area contributed by atoms with Crippen molar-refractivity contribution < 1.29 is 9.53 Å². The molecule has 1 unspecified atom stereocenters. The van der Waals surface area contributed by atoms with Crippen LogP contribution in [0.3, 0.4) is 0 Å². The van der Waals surface area contributed by atoms with Crippen LogP contribution in [0.25, 0.3) is 0 Å². The number of allylic oxidation sites excluding steroid dienone is 1. The maximum absolute atomic E-state index is 13.1. The third kappa shape index (κ3) is 2.90. The summed E-state index contributed by atoms with van der Waals surface area (Å²) in [4.78, 5) is 15.2. The van der Waals surface area contributed by atoms with Crippen LogP contribution in [0.15, 0.2) is 29.8 Å². The number of piperidine rings is 1. The summed E-state index contributed by atoms with van der Waals surface area (Å²) >= 11 is 0. The maximum atomic E-state index is 13.1. The quantitative estimate of drug-likeness (QED) is 0.791. The van der Waals surface area contributed by atoms with Crippen LogP contribution in [0, 0.1) is 6.92 Å². The van der Waals surface area contributed by atoms with Crippen LogP contribution in [0.4, 0.5) is 0 Å². The largest absolute Gasteiger partial charge is 0.497 e. The lowest BCUT2D eigenvalue weighted by molar-refractivity contribution is -0.133. The van der Waals surface area contributed by atoms with Crippen LogP contribution in [0.2, 0.25) is 0 Å². The first-order chi connectivity index (χ1) is 10.7. The van der Waals surface area contributed by atoms with Gasteiger partial charge in [-0.25, -0.2) is 0 Å². The minimum Gasteiger partial charge on any atom is -0.497 e. The third-order valence-electron chi connectivity index (χ3n) is 4.92. The third-order valence-corrected chi connectivity index (χ3v) is 4.92. The summed E-state index contributed by atoms with van der Waals surface area (Å²) in [5, 5.41) is 0. The molecule has 0 N–H and O–H groups in total. The number of benzene rings is 1. The van der Waals surface area contributed by atoms with Crippen LogP contribution in [-0.4, -0.2) is 31.0 Å². The van der Waals surface area contributed by atoms with Crippen molar-refractivity contribution in [1.29, 1.82) is 0 Å². The number of hydrogen-bond acceptors (Lipinski definition) is 2. The Balaban J connectivity index is 1.94. The minimum absolute atomic E-state index is 0.109. The molecule has 1 saturated heterocycles. The van der Waals surface area contributed by atoms with Crippen molar-refractivity contribution >= 4 is 5.91 Å². The van der Waals surface area contributed by atoms with E-state index < -0.39 is 0 Å². The molecule has 3 nitrogen and oxygen atoms in total. The van der Waals surface area contributed by atoms with Gasteiger partial charge in [0.2, 0.25) is 5.91 Å². The first kappa shape index (κ1) is 15.1. The highest BCUT2D eigenvalue weighted by atomic mass is 16.5. The highest BCUT2D eigenvalue weighted by Crippen LogP contribution is 2.38. The van der Waals surface area contributed by atoms with Crippen LogP contribution in [0.5, 0.6) is 5.75 Å². The number of aryl methyl sites for hydroxylation is 1. The molecule has 1 aliphatic carbocycles. The predicted octanol–water partition coefficient (Wildman–Crippen LogP) is 3.82. The SMILES string of the molecule is COc1ccc(C)c(C(C(=O)N2CCCCC2)C2=CCC2)c1. The zero-order valence-electron chi connectivity index (χ0n) is 13.6. The Kier molecular flexibility index (Phi) is 4.51. The summed E-state index contributed by atoms with van der Waals surface area (Å²) < 4.78 is 5.37. The molecule has 3 rings (SSSR count). The fourth-order valence-electron chi connectivity index (χ4n) is 3.42. The second-order valence-electron chi connectivity index (χ2n) is 6.36. The average molecular weight is 299 g/mol. The van der Waals surface area contributed by atoms with Gasteiger partial charge in [0.25, 0.3) is 0 Å². The molecular formula is C19H25NO2. The van der Waals surface area contributed by atoms with Crippen molar-refractivity contribution in [3.8, 4) is 5.75 Å². The van der Waals surface area contributed by atoms with Gasteiger partial charge in [0.15, 0.2) is 0 Å². The number of methoxy groups -OCH3 is 1. The second-order valence-corrected chi connectivity index (χ2v) is 6.36. The van der Waals surface area contributed by atoms with Crippen LogP contribution >= 0.6 is 0 Å². The van der Waals surface area contributed by atoms with E-state index in [1.807, 2.05) is 12.1 Å². The number of likely N-dealkylation sites (tertiary alicyclic amines) is 1. The van der Waals surface area contributed by atoms with Gasteiger partial charge in [-0.3, -0.25) is 4.79 Å². The van der Waals surface area contributed by atoms with Gasteiger partial charge >= 0.3 is 0 Å². The zero-order chi connectivity index (χ0) is 15.5. The van der Waals surface area contributed by atoms with Gasteiger partial charge < -0.3 is 9.64 Å². The highest BCUT2D eigenvalue weighted by Gasteiger charge is 2.32. The van der Waals surface area contributed by atoms with Crippen molar-refractivity contribution in [1.82, 2.24) is 4.90 Å². The Morgan fingerprint density at radius 3 is 2.55 bits per heavy atom. The minimum atomic E-state index is -0.109. The average Bonchev–Trinajstić information content (AvgIpc) is 2.52. The maximum Gasteiger partial charge on any atom is 0.234 e. The van der Waals surface area contributed by atoms with Gasteiger partial charge in [-0.1, -0.05) is 17.7 Å². The summed E-state index contributed by atoms with van der Waals surface area (Å²) in [5.41, 5.74) is 3.57. The fraction of sp³-hybridized carbons (Fsp3) is 0.526. The van der Waals surface area contributed by atoms with Crippen molar-refractivity contribution in [2.75, 3.05) is 20.2 Å². The van der Waals surface area contributed by atoms with E-state index in [9.17, 15) is 4.79 Å². The Morgan fingerprint density at radius 2 is 1.95 bits per heavy atom. The van der Waals surface area contributed by atoms with Crippen molar-refractivity contribution in [3.05, 3.63) is 41.0 Å². The Labute approximate surface area is 133 Å². The molecule has 0 spiro atoms. The van der Waals surface area contributed by atoms with Crippen LogP contribution in [0.1, 0.15) is 49.1 Å². The van der Waals surface area contributed by atoms with Gasteiger partial charge in [0.1, 0.15) is 5.75 Å². The summed E-state index contributed by atoms with van der Waals surface area (Å²) in [6, 6.07) is 6.07. The summed E-state index contributed by atoms with van der Waals surface area (Å²) in [5.74, 6) is 1.00. The number of hydrogen-bond donors (Lipinski definition) is 0. The predicted molar refractivity (Wildman–Crippen MR) is 88.2 cm³/mol. The molecule has 1 heterocycles. The molecule has 118 valence electrons. The lowest BCUT2D eigenvalue weighted by Crippen LogP contribution is -2.40. The summed E-state index contributed by atoms with van der Waals surface area (Å²) in [6.07, 6.45) is 7.88.